The molecule has 1 aliphatic rings. The van der Waals surface area contributed by atoms with Crippen LogP contribution in [0.4, 0.5) is 0 Å². The van der Waals surface area contributed by atoms with Gasteiger partial charge in [0.05, 0.1) is 0 Å². The van der Waals surface area contributed by atoms with Crippen molar-refractivity contribution in [1.82, 2.24) is 0 Å². The Morgan fingerprint density at radius 2 is 1.26 bits per heavy atom. The summed E-state index contributed by atoms with van der Waals surface area (Å²) in [4.78, 5) is 13.1. The molecule has 0 aromatic heterocycles. The van der Waals surface area contributed by atoms with Crippen LogP contribution in [-0.2, 0) is 0 Å². The van der Waals surface area contributed by atoms with Crippen LogP contribution in [0, 0.1) is 0 Å². The molecule has 0 saturated heterocycles. The first kappa shape index (κ1) is 17.0. The Morgan fingerprint density at radius 3 is 1.96 bits per heavy atom. The fraction of sp³-hybridized carbons (Fsp3) is 0.0385. The van der Waals surface area contributed by atoms with Gasteiger partial charge in [0.1, 0.15) is 0 Å². The maximum absolute atomic E-state index is 13.1. The van der Waals surface area contributed by atoms with Gasteiger partial charge in [-0.05, 0) is 29.2 Å². The maximum Gasteiger partial charge on any atom is 0.194 e. The van der Waals surface area contributed by atoms with Crippen molar-refractivity contribution in [3.8, 4) is 11.1 Å². The van der Waals surface area contributed by atoms with Gasteiger partial charge in [0.2, 0.25) is 0 Å². The molecule has 3 aromatic carbocycles. The van der Waals surface area contributed by atoms with Gasteiger partial charge >= 0.3 is 0 Å². The lowest BCUT2D eigenvalue weighted by atomic mass is 9.81. The lowest BCUT2D eigenvalue weighted by molar-refractivity contribution is 0.105. The van der Waals surface area contributed by atoms with Crippen LogP contribution in [0.3, 0.4) is 0 Å². The first-order valence-corrected chi connectivity index (χ1v) is 9.09. The van der Waals surface area contributed by atoms with Gasteiger partial charge in [-0.3, -0.25) is 4.79 Å². The maximum atomic E-state index is 13.1. The van der Waals surface area contributed by atoms with Gasteiger partial charge in [-0.25, -0.2) is 0 Å². The molecule has 0 N–H and O–H groups in total. The zero-order valence-electron chi connectivity index (χ0n) is 15.2. The molecule has 0 aliphatic heterocycles. The summed E-state index contributed by atoms with van der Waals surface area (Å²) in [7, 11) is 0. The highest BCUT2D eigenvalue weighted by atomic mass is 16.1. The zero-order chi connectivity index (χ0) is 18.6. The van der Waals surface area contributed by atoms with Gasteiger partial charge < -0.3 is 0 Å². The molecule has 3 aromatic rings. The molecule has 0 spiro atoms. The molecule has 1 aliphatic carbocycles. The highest BCUT2D eigenvalue weighted by Crippen LogP contribution is 2.38. The van der Waals surface area contributed by atoms with E-state index in [-0.39, 0.29) is 5.78 Å². The minimum absolute atomic E-state index is 0.0837. The normalized spacial score (nSPS) is 15.1. The minimum atomic E-state index is 0.0837. The second kappa shape index (κ2) is 7.43. The molecule has 0 unspecified atom stereocenters. The van der Waals surface area contributed by atoms with E-state index >= 15 is 0 Å². The second-order valence-electron chi connectivity index (χ2n) is 6.66. The number of ketones is 1. The van der Waals surface area contributed by atoms with E-state index in [0.29, 0.717) is 0 Å². The number of benzene rings is 3. The Bertz CT molecular complexity index is 1080. The molecule has 0 heterocycles. The third kappa shape index (κ3) is 3.45. The van der Waals surface area contributed by atoms with E-state index in [1.54, 1.807) is 0 Å². The molecule has 27 heavy (non-hydrogen) atoms. The number of carbonyl (C=O) groups excluding carboxylic acids is 1. The fourth-order valence-electron chi connectivity index (χ4n) is 3.36. The molecular formula is C26H20O. The first-order valence-electron chi connectivity index (χ1n) is 9.09. The molecule has 0 fully saturated rings. The number of fused-ring (bicyclic) bond motifs is 3. The quantitative estimate of drug-likeness (QED) is 0.385. The molecule has 0 atom stereocenters. The summed E-state index contributed by atoms with van der Waals surface area (Å²) >= 11 is 0. The molecule has 0 amide bonds. The van der Waals surface area contributed by atoms with Crippen molar-refractivity contribution in [3.63, 3.8) is 0 Å². The van der Waals surface area contributed by atoms with Crippen LogP contribution >= 0.6 is 0 Å². The number of hydrogen-bond donors (Lipinski definition) is 0. The Labute approximate surface area is 160 Å². The number of carbonyl (C=O) groups is 1. The largest absolute Gasteiger partial charge is 0.289 e. The van der Waals surface area contributed by atoms with Crippen molar-refractivity contribution >= 4 is 17.4 Å². The van der Waals surface area contributed by atoms with E-state index in [2.05, 4.69) is 30.4 Å². The smallest absolute Gasteiger partial charge is 0.194 e. The molecule has 0 saturated carbocycles. The van der Waals surface area contributed by atoms with Crippen molar-refractivity contribution in [3.05, 3.63) is 119 Å². The number of hydrogen-bond acceptors (Lipinski definition) is 1. The third-order valence-corrected chi connectivity index (χ3v) is 4.77. The number of allylic oxidation sites excluding steroid dienone is 5. The third-order valence-electron chi connectivity index (χ3n) is 4.77. The summed E-state index contributed by atoms with van der Waals surface area (Å²) in [5, 5.41) is 0. The summed E-state index contributed by atoms with van der Waals surface area (Å²) in [6, 6.07) is 26.1. The van der Waals surface area contributed by atoms with Crippen LogP contribution < -0.4 is 0 Å². The lowest BCUT2D eigenvalue weighted by Crippen LogP contribution is -2.11. The van der Waals surface area contributed by atoms with Crippen LogP contribution in [0.5, 0.6) is 0 Å². The van der Waals surface area contributed by atoms with Crippen LogP contribution in [0.15, 0.2) is 103 Å². The summed E-state index contributed by atoms with van der Waals surface area (Å²) in [6.07, 6.45) is 8.11. The monoisotopic (exact) mass is 348 g/mol. The second-order valence-corrected chi connectivity index (χ2v) is 6.66. The van der Waals surface area contributed by atoms with Gasteiger partial charge in [0.25, 0.3) is 0 Å². The topological polar surface area (TPSA) is 17.1 Å². The van der Waals surface area contributed by atoms with Gasteiger partial charge in [-0.1, -0.05) is 109 Å². The minimum Gasteiger partial charge on any atom is -0.289 e. The molecule has 130 valence electrons. The van der Waals surface area contributed by atoms with E-state index in [1.165, 1.54) is 0 Å². The van der Waals surface area contributed by atoms with Crippen LogP contribution in [0.2, 0.25) is 0 Å². The van der Waals surface area contributed by atoms with Crippen molar-refractivity contribution < 1.29 is 4.79 Å². The molecule has 1 nitrogen and oxygen atoms in total. The zero-order valence-corrected chi connectivity index (χ0v) is 15.2. The summed E-state index contributed by atoms with van der Waals surface area (Å²) < 4.78 is 0. The molecular weight excluding hydrogens is 328 g/mol. The highest BCUT2D eigenvalue weighted by molar-refractivity contribution is 6.34. The Balaban J connectivity index is 1.71. The van der Waals surface area contributed by atoms with Crippen LogP contribution in [0.1, 0.15) is 28.4 Å². The van der Waals surface area contributed by atoms with Crippen molar-refractivity contribution in [1.29, 1.82) is 0 Å². The van der Waals surface area contributed by atoms with E-state index in [1.807, 2.05) is 79.7 Å². The van der Waals surface area contributed by atoms with Gasteiger partial charge in [0, 0.05) is 11.1 Å². The molecule has 0 bridgehead atoms. The predicted octanol–water partition coefficient (Wildman–Crippen LogP) is 6.59. The van der Waals surface area contributed by atoms with Gasteiger partial charge in [-0.15, -0.1) is 0 Å². The first-order chi connectivity index (χ1) is 13.2. The van der Waals surface area contributed by atoms with Crippen molar-refractivity contribution in [2.75, 3.05) is 0 Å². The SMILES string of the molecule is CC(=C/C=C1/C(=O)c2ccccc2-c2ccccc21)/C=C/c1ccccc1. The molecule has 0 radical (unpaired) electrons. The number of Topliss-reactive ketones (excluding diaryl/α,β-unsaturated/α-hetero) is 1. The van der Waals surface area contributed by atoms with Gasteiger partial charge in [0.15, 0.2) is 5.78 Å². The summed E-state index contributed by atoms with van der Waals surface area (Å²) in [5.41, 5.74) is 6.90. The highest BCUT2D eigenvalue weighted by Gasteiger charge is 2.25. The predicted molar refractivity (Wildman–Crippen MR) is 113 cm³/mol. The van der Waals surface area contributed by atoms with Crippen molar-refractivity contribution in [2.24, 2.45) is 0 Å². The van der Waals surface area contributed by atoms with E-state index < -0.39 is 0 Å². The van der Waals surface area contributed by atoms with Crippen molar-refractivity contribution in [2.45, 2.75) is 6.92 Å². The van der Waals surface area contributed by atoms with E-state index in [4.69, 9.17) is 0 Å². The van der Waals surface area contributed by atoms with E-state index in [0.717, 1.165) is 39.0 Å². The average molecular weight is 348 g/mol. The standard InChI is InChI=1S/C26H20O/c1-19(15-17-20-9-3-2-4-10-20)16-18-25-23-13-6-5-11-21(23)22-12-7-8-14-24(22)26(25)27/h2-18H,1H3/b17-15+,19-16-,25-18+. The number of rotatable bonds is 3. The Kier molecular flexibility index (Phi) is 4.67. The Hall–Kier alpha value is -3.45. The average Bonchev–Trinajstić information content (AvgIpc) is 2.73. The Morgan fingerprint density at radius 1 is 0.704 bits per heavy atom. The van der Waals surface area contributed by atoms with Crippen LogP contribution in [-0.4, -0.2) is 5.78 Å². The van der Waals surface area contributed by atoms with E-state index in [9.17, 15) is 4.79 Å². The fourth-order valence-corrected chi connectivity index (χ4v) is 3.36. The lowest BCUT2D eigenvalue weighted by Gasteiger charge is -2.21. The van der Waals surface area contributed by atoms with Crippen LogP contribution in [0.25, 0.3) is 22.8 Å². The van der Waals surface area contributed by atoms with Gasteiger partial charge in [-0.2, -0.15) is 0 Å². The molecule has 1 heteroatoms. The summed E-state index contributed by atoms with van der Waals surface area (Å²) in [5.74, 6) is 0.0837. The molecule has 4 rings (SSSR count). The summed E-state index contributed by atoms with van der Waals surface area (Å²) in [6.45, 7) is 2.05.